The van der Waals surface area contributed by atoms with Crippen molar-refractivity contribution in [3.05, 3.63) is 51.5 Å². The lowest BCUT2D eigenvalue weighted by molar-refractivity contribution is 0.746. The molecule has 2 aromatic heterocycles. The van der Waals surface area contributed by atoms with Gasteiger partial charge in [0.2, 0.25) is 0 Å². The molecule has 2 N–H and O–H groups in total. The summed E-state index contributed by atoms with van der Waals surface area (Å²) >= 11 is 12.1. The second-order valence-electron chi connectivity index (χ2n) is 5.24. The van der Waals surface area contributed by atoms with Gasteiger partial charge in [-0.2, -0.15) is 0 Å². The molecule has 0 aliphatic rings. The standard InChI is InChI=1S/C16H21Cl2N5/c1-11-9-20-6-4-12(11)5-7-21-16(19-2)22-10-13-8-14(17)15(18)23(13)3/h4,6,8-9H,5,7,10H2,1-3H3,(H2,19,21,22). The maximum Gasteiger partial charge on any atom is 0.191 e. The number of hydrogen-bond donors (Lipinski definition) is 2. The highest BCUT2D eigenvalue weighted by molar-refractivity contribution is 6.41. The van der Waals surface area contributed by atoms with E-state index in [0.29, 0.717) is 16.7 Å². The number of nitrogens with zero attached hydrogens (tertiary/aromatic N) is 3. The van der Waals surface area contributed by atoms with Crippen LogP contribution in [0.5, 0.6) is 0 Å². The topological polar surface area (TPSA) is 54.2 Å². The first-order valence-electron chi connectivity index (χ1n) is 7.36. The van der Waals surface area contributed by atoms with Crippen LogP contribution in [0.15, 0.2) is 29.5 Å². The minimum absolute atomic E-state index is 0.541. The molecule has 0 bridgehead atoms. The molecular formula is C16H21Cl2N5. The number of aryl methyl sites for hydroxylation is 1. The summed E-state index contributed by atoms with van der Waals surface area (Å²) in [4.78, 5) is 8.33. The van der Waals surface area contributed by atoms with Gasteiger partial charge in [0.1, 0.15) is 5.15 Å². The molecule has 0 saturated heterocycles. The van der Waals surface area contributed by atoms with Gasteiger partial charge in [-0.15, -0.1) is 0 Å². The summed E-state index contributed by atoms with van der Waals surface area (Å²) < 4.78 is 1.85. The molecule has 0 saturated carbocycles. The van der Waals surface area contributed by atoms with Crippen molar-refractivity contribution in [3.63, 3.8) is 0 Å². The fraction of sp³-hybridized carbons (Fsp3) is 0.375. The van der Waals surface area contributed by atoms with Gasteiger partial charge in [0.05, 0.1) is 11.6 Å². The summed E-state index contributed by atoms with van der Waals surface area (Å²) in [6.07, 6.45) is 4.61. The summed E-state index contributed by atoms with van der Waals surface area (Å²) in [6.45, 7) is 3.45. The van der Waals surface area contributed by atoms with Crippen molar-refractivity contribution in [1.82, 2.24) is 20.2 Å². The van der Waals surface area contributed by atoms with E-state index in [4.69, 9.17) is 23.2 Å². The third-order valence-electron chi connectivity index (χ3n) is 3.70. The molecule has 0 fully saturated rings. The molecule has 124 valence electrons. The van der Waals surface area contributed by atoms with Crippen LogP contribution >= 0.6 is 23.2 Å². The Balaban J connectivity index is 1.84. The van der Waals surface area contributed by atoms with E-state index < -0.39 is 0 Å². The highest BCUT2D eigenvalue weighted by atomic mass is 35.5. The number of aliphatic imine (C=N–C) groups is 1. The Morgan fingerprint density at radius 2 is 2.13 bits per heavy atom. The second-order valence-corrected chi connectivity index (χ2v) is 6.00. The van der Waals surface area contributed by atoms with Crippen molar-refractivity contribution in [3.8, 4) is 0 Å². The average Bonchev–Trinajstić information content (AvgIpc) is 2.79. The van der Waals surface area contributed by atoms with Gasteiger partial charge < -0.3 is 15.2 Å². The first-order valence-corrected chi connectivity index (χ1v) is 8.12. The smallest absolute Gasteiger partial charge is 0.191 e. The SMILES string of the molecule is CN=C(NCCc1ccncc1C)NCc1cc(Cl)c(Cl)n1C. The van der Waals surface area contributed by atoms with Crippen LogP contribution in [0, 0.1) is 6.92 Å². The van der Waals surface area contributed by atoms with Crippen LogP contribution in [-0.2, 0) is 20.0 Å². The number of hydrogen-bond acceptors (Lipinski definition) is 2. The molecule has 5 nitrogen and oxygen atoms in total. The first-order chi connectivity index (χ1) is 11.0. The van der Waals surface area contributed by atoms with Gasteiger partial charge in [0.15, 0.2) is 5.96 Å². The van der Waals surface area contributed by atoms with E-state index in [-0.39, 0.29) is 0 Å². The van der Waals surface area contributed by atoms with Gasteiger partial charge >= 0.3 is 0 Å². The number of nitrogens with one attached hydrogen (secondary N) is 2. The van der Waals surface area contributed by atoms with Gasteiger partial charge in [0.25, 0.3) is 0 Å². The van der Waals surface area contributed by atoms with E-state index in [1.165, 1.54) is 11.1 Å². The van der Waals surface area contributed by atoms with Crippen LogP contribution in [0.25, 0.3) is 0 Å². The Kier molecular flexibility index (Phi) is 6.30. The van der Waals surface area contributed by atoms with Crippen molar-refractivity contribution in [2.45, 2.75) is 19.9 Å². The Hall–Kier alpha value is -1.72. The van der Waals surface area contributed by atoms with Crippen molar-refractivity contribution in [2.24, 2.45) is 12.0 Å². The normalized spacial score (nSPS) is 11.6. The van der Waals surface area contributed by atoms with E-state index in [0.717, 1.165) is 24.6 Å². The third-order valence-corrected chi connectivity index (χ3v) is 4.54. The zero-order valence-electron chi connectivity index (χ0n) is 13.5. The molecule has 2 aromatic rings. The minimum Gasteiger partial charge on any atom is -0.356 e. The highest BCUT2D eigenvalue weighted by Gasteiger charge is 2.09. The largest absolute Gasteiger partial charge is 0.356 e. The molecule has 0 aliphatic carbocycles. The van der Waals surface area contributed by atoms with Crippen LogP contribution in [0.2, 0.25) is 10.2 Å². The molecular weight excluding hydrogens is 333 g/mol. The summed E-state index contributed by atoms with van der Waals surface area (Å²) in [7, 11) is 3.63. The average molecular weight is 354 g/mol. The van der Waals surface area contributed by atoms with E-state index >= 15 is 0 Å². The molecule has 7 heteroatoms. The van der Waals surface area contributed by atoms with Crippen LogP contribution in [0.3, 0.4) is 0 Å². The summed E-state index contributed by atoms with van der Waals surface area (Å²) in [6, 6.07) is 3.89. The zero-order valence-corrected chi connectivity index (χ0v) is 15.0. The second kappa shape index (κ2) is 8.22. The fourth-order valence-electron chi connectivity index (χ4n) is 2.25. The molecule has 2 heterocycles. The van der Waals surface area contributed by atoms with Crippen LogP contribution in [-0.4, -0.2) is 29.1 Å². The van der Waals surface area contributed by atoms with Crippen molar-refractivity contribution >= 4 is 29.2 Å². The van der Waals surface area contributed by atoms with Crippen LogP contribution in [0.1, 0.15) is 16.8 Å². The summed E-state index contributed by atoms with van der Waals surface area (Å²) in [5, 5.41) is 7.65. The monoisotopic (exact) mass is 353 g/mol. The Morgan fingerprint density at radius 3 is 2.74 bits per heavy atom. The minimum atomic E-state index is 0.541. The predicted molar refractivity (Wildman–Crippen MR) is 96.3 cm³/mol. The van der Waals surface area contributed by atoms with Gasteiger partial charge in [-0.1, -0.05) is 23.2 Å². The number of guanidine groups is 1. The Labute approximate surface area is 146 Å². The lowest BCUT2D eigenvalue weighted by atomic mass is 10.1. The third kappa shape index (κ3) is 4.62. The Bertz CT molecular complexity index is 694. The van der Waals surface area contributed by atoms with Crippen LogP contribution < -0.4 is 10.6 Å². The zero-order chi connectivity index (χ0) is 16.8. The molecule has 0 aliphatic heterocycles. The summed E-state index contributed by atoms with van der Waals surface area (Å²) in [5.41, 5.74) is 3.47. The number of rotatable bonds is 5. The predicted octanol–water partition coefficient (Wildman–Crippen LogP) is 2.94. The van der Waals surface area contributed by atoms with Gasteiger partial charge in [-0.3, -0.25) is 9.98 Å². The lowest BCUT2D eigenvalue weighted by Crippen LogP contribution is -2.38. The Morgan fingerprint density at radius 1 is 1.35 bits per heavy atom. The molecule has 0 amide bonds. The number of pyridine rings is 1. The van der Waals surface area contributed by atoms with E-state index in [1.54, 1.807) is 7.05 Å². The fourth-order valence-corrected chi connectivity index (χ4v) is 2.67. The van der Waals surface area contributed by atoms with E-state index in [2.05, 4.69) is 27.5 Å². The van der Waals surface area contributed by atoms with Gasteiger partial charge in [-0.05, 0) is 36.6 Å². The van der Waals surface area contributed by atoms with Gasteiger partial charge in [0, 0.05) is 38.7 Å². The molecule has 0 atom stereocenters. The highest BCUT2D eigenvalue weighted by Crippen LogP contribution is 2.24. The molecule has 0 spiro atoms. The maximum atomic E-state index is 6.07. The molecule has 23 heavy (non-hydrogen) atoms. The summed E-state index contributed by atoms with van der Waals surface area (Å²) in [5.74, 6) is 0.741. The first kappa shape index (κ1) is 17.6. The van der Waals surface area contributed by atoms with Crippen molar-refractivity contribution in [2.75, 3.05) is 13.6 Å². The number of halogens is 2. The number of aromatic nitrogens is 2. The molecule has 0 aromatic carbocycles. The molecule has 0 unspecified atom stereocenters. The molecule has 0 radical (unpaired) electrons. The van der Waals surface area contributed by atoms with Crippen molar-refractivity contribution in [1.29, 1.82) is 0 Å². The maximum absolute atomic E-state index is 6.07. The van der Waals surface area contributed by atoms with E-state index in [9.17, 15) is 0 Å². The molecule has 2 rings (SSSR count). The lowest BCUT2D eigenvalue weighted by Gasteiger charge is -2.13. The van der Waals surface area contributed by atoms with Crippen molar-refractivity contribution < 1.29 is 0 Å². The van der Waals surface area contributed by atoms with Gasteiger partial charge in [-0.25, -0.2) is 0 Å². The van der Waals surface area contributed by atoms with Crippen LogP contribution in [0.4, 0.5) is 0 Å². The van der Waals surface area contributed by atoms with E-state index in [1.807, 2.05) is 36.1 Å². The quantitative estimate of drug-likeness (QED) is 0.641.